The van der Waals surface area contributed by atoms with Crippen molar-refractivity contribution >= 4 is 23.8 Å². The molecular formula is C12H12ClNO3. The van der Waals surface area contributed by atoms with Crippen molar-refractivity contribution in [2.24, 2.45) is 0 Å². The van der Waals surface area contributed by atoms with E-state index in [1.807, 2.05) is 0 Å². The van der Waals surface area contributed by atoms with Gasteiger partial charge in [-0.2, -0.15) is 0 Å². The van der Waals surface area contributed by atoms with E-state index in [9.17, 15) is 9.59 Å². The van der Waals surface area contributed by atoms with Crippen LogP contribution in [0.4, 0.5) is 0 Å². The largest absolute Gasteiger partial charge is 0.482 e. The highest BCUT2D eigenvalue weighted by molar-refractivity contribution is 6.32. The minimum absolute atomic E-state index is 0.131. The standard InChI is InChI=1S/C12H12ClNO3/c1-2-5-14-12(16)8-17-11-4-3-9(7-15)6-10(11)13/h2-4,6-7H,1,5,8H2,(H,14,16). The van der Waals surface area contributed by atoms with Gasteiger partial charge in [0.05, 0.1) is 5.02 Å². The van der Waals surface area contributed by atoms with Gasteiger partial charge in [-0.25, -0.2) is 0 Å². The van der Waals surface area contributed by atoms with Gasteiger partial charge >= 0.3 is 0 Å². The molecule has 0 aliphatic rings. The average molecular weight is 254 g/mol. The maximum Gasteiger partial charge on any atom is 0.258 e. The molecule has 0 spiro atoms. The Bertz CT molecular complexity index is 432. The molecule has 0 saturated heterocycles. The van der Waals surface area contributed by atoms with Gasteiger partial charge in [-0.15, -0.1) is 6.58 Å². The van der Waals surface area contributed by atoms with Gasteiger partial charge in [-0.05, 0) is 18.2 Å². The molecule has 0 bridgehead atoms. The van der Waals surface area contributed by atoms with E-state index in [-0.39, 0.29) is 12.5 Å². The Morgan fingerprint density at radius 2 is 2.29 bits per heavy atom. The van der Waals surface area contributed by atoms with Crippen LogP contribution in [0.1, 0.15) is 10.4 Å². The van der Waals surface area contributed by atoms with Gasteiger partial charge in [0, 0.05) is 12.1 Å². The van der Waals surface area contributed by atoms with Gasteiger partial charge < -0.3 is 10.1 Å². The maximum absolute atomic E-state index is 11.2. The summed E-state index contributed by atoms with van der Waals surface area (Å²) < 4.78 is 5.20. The van der Waals surface area contributed by atoms with E-state index in [0.29, 0.717) is 29.2 Å². The minimum Gasteiger partial charge on any atom is -0.482 e. The summed E-state index contributed by atoms with van der Waals surface area (Å²) in [5, 5.41) is 2.86. The van der Waals surface area contributed by atoms with Gasteiger partial charge in [-0.3, -0.25) is 9.59 Å². The second-order valence-electron chi connectivity index (χ2n) is 3.19. The summed E-state index contributed by atoms with van der Waals surface area (Å²) in [6.45, 7) is 3.73. The number of nitrogens with one attached hydrogen (secondary N) is 1. The van der Waals surface area contributed by atoms with Crippen molar-refractivity contribution in [3.8, 4) is 5.75 Å². The molecule has 0 heterocycles. The molecule has 5 heteroatoms. The molecule has 0 aromatic heterocycles. The highest BCUT2D eigenvalue weighted by atomic mass is 35.5. The van der Waals surface area contributed by atoms with E-state index in [1.165, 1.54) is 6.07 Å². The van der Waals surface area contributed by atoms with E-state index >= 15 is 0 Å². The summed E-state index contributed by atoms with van der Waals surface area (Å²) in [5.74, 6) is 0.103. The van der Waals surface area contributed by atoms with E-state index in [1.54, 1.807) is 18.2 Å². The lowest BCUT2D eigenvalue weighted by molar-refractivity contribution is -0.122. The Kier molecular flexibility index (Phi) is 5.23. The van der Waals surface area contributed by atoms with Crippen molar-refractivity contribution in [3.63, 3.8) is 0 Å². The van der Waals surface area contributed by atoms with Gasteiger partial charge in [-0.1, -0.05) is 17.7 Å². The number of aldehydes is 1. The average Bonchev–Trinajstić information content (AvgIpc) is 2.34. The van der Waals surface area contributed by atoms with Gasteiger partial charge in [0.2, 0.25) is 0 Å². The van der Waals surface area contributed by atoms with Crippen molar-refractivity contribution in [3.05, 3.63) is 41.4 Å². The summed E-state index contributed by atoms with van der Waals surface area (Å²) in [6, 6.07) is 4.59. The first-order valence-corrected chi connectivity index (χ1v) is 5.30. The fraction of sp³-hybridized carbons (Fsp3) is 0.167. The molecule has 17 heavy (non-hydrogen) atoms. The van der Waals surface area contributed by atoms with Crippen LogP contribution in [0, 0.1) is 0 Å². The zero-order valence-corrected chi connectivity index (χ0v) is 9.87. The molecule has 1 aromatic rings. The molecule has 0 aliphatic carbocycles. The molecule has 0 fully saturated rings. The Labute approximate surface area is 104 Å². The Hall–Kier alpha value is -1.81. The zero-order valence-electron chi connectivity index (χ0n) is 9.11. The second-order valence-corrected chi connectivity index (χ2v) is 3.60. The van der Waals surface area contributed by atoms with Crippen molar-refractivity contribution in [1.82, 2.24) is 5.32 Å². The van der Waals surface area contributed by atoms with Crippen LogP contribution in [0.2, 0.25) is 5.02 Å². The number of rotatable bonds is 6. The highest BCUT2D eigenvalue weighted by Gasteiger charge is 2.05. The van der Waals surface area contributed by atoms with Crippen LogP contribution in [0.25, 0.3) is 0 Å². The number of ether oxygens (including phenoxy) is 1. The van der Waals surface area contributed by atoms with Crippen LogP contribution in [0.3, 0.4) is 0 Å². The molecule has 0 atom stereocenters. The summed E-state index contributed by atoms with van der Waals surface area (Å²) in [7, 11) is 0. The van der Waals surface area contributed by atoms with Crippen molar-refractivity contribution < 1.29 is 14.3 Å². The summed E-state index contributed by atoms with van der Waals surface area (Å²) in [5.41, 5.74) is 0.457. The Morgan fingerprint density at radius 1 is 1.53 bits per heavy atom. The monoisotopic (exact) mass is 253 g/mol. The lowest BCUT2D eigenvalue weighted by Gasteiger charge is -2.07. The molecule has 0 unspecified atom stereocenters. The maximum atomic E-state index is 11.2. The summed E-state index contributed by atoms with van der Waals surface area (Å²) in [4.78, 5) is 21.7. The normalized spacial score (nSPS) is 9.47. The molecular weight excluding hydrogens is 242 g/mol. The van der Waals surface area contributed by atoms with Crippen LogP contribution < -0.4 is 10.1 Å². The van der Waals surface area contributed by atoms with E-state index in [2.05, 4.69) is 11.9 Å². The van der Waals surface area contributed by atoms with Crippen LogP contribution >= 0.6 is 11.6 Å². The van der Waals surface area contributed by atoms with E-state index < -0.39 is 0 Å². The van der Waals surface area contributed by atoms with Crippen molar-refractivity contribution in [1.29, 1.82) is 0 Å². The highest BCUT2D eigenvalue weighted by Crippen LogP contribution is 2.24. The Balaban J connectivity index is 2.54. The number of hydrogen-bond donors (Lipinski definition) is 1. The van der Waals surface area contributed by atoms with Crippen LogP contribution in [0.5, 0.6) is 5.75 Å². The lowest BCUT2D eigenvalue weighted by Crippen LogP contribution is -2.28. The van der Waals surface area contributed by atoms with Gasteiger partial charge in [0.25, 0.3) is 5.91 Å². The topological polar surface area (TPSA) is 55.4 Å². The first kappa shape index (κ1) is 13.3. The molecule has 1 aromatic carbocycles. The first-order valence-electron chi connectivity index (χ1n) is 4.92. The van der Waals surface area contributed by atoms with Crippen molar-refractivity contribution in [2.45, 2.75) is 0 Å². The molecule has 1 N–H and O–H groups in total. The number of benzene rings is 1. The lowest BCUT2D eigenvalue weighted by atomic mass is 10.2. The fourth-order valence-electron chi connectivity index (χ4n) is 1.09. The van der Waals surface area contributed by atoms with Gasteiger partial charge in [0.1, 0.15) is 12.0 Å². The summed E-state index contributed by atoms with van der Waals surface area (Å²) >= 11 is 5.86. The summed E-state index contributed by atoms with van der Waals surface area (Å²) in [6.07, 6.45) is 2.26. The van der Waals surface area contributed by atoms with E-state index in [0.717, 1.165) is 0 Å². The van der Waals surface area contributed by atoms with Crippen molar-refractivity contribution in [2.75, 3.05) is 13.2 Å². The quantitative estimate of drug-likeness (QED) is 0.622. The molecule has 0 radical (unpaired) electrons. The minimum atomic E-state index is -0.263. The number of carbonyl (C=O) groups is 2. The number of halogens is 1. The van der Waals surface area contributed by atoms with Gasteiger partial charge in [0.15, 0.2) is 6.61 Å². The first-order chi connectivity index (χ1) is 8.17. The van der Waals surface area contributed by atoms with E-state index in [4.69, 9.17) is 16.3 Å². The third kappa shape index (κ3) is 4.28. The fourth-order valence-corrected chi connectivity index (χ4v) is 1.33. The smallest absolute Gasteiger partial charge is 0.258 e. The predicted octanol–water partition coefficient (Wildman–Crippen LogP) is 1.83. The molecule has 1 rings (SSSR count). The predicted molar refractivity (Wildman–Crippen MR) is 65.5 cm³/mol. The van der Waals surface area contributed by atoms with Crippen LogP contribution in [-0.4, -0.2) is 25.3 Å². The molecule has 0 aliphatic heterocycles. The Morgan fingerprint density at radius 3 is 2.88 bits per heavy atom. The molecule has 0 saturated carbocycles. The molecule has 90 valence electrons. The third-order valence-corrected chi connectivity index (χ3v) is 2.19. The molecule has 1 amide bonds. The number of carbonyl (C=O) groups excluding carboxylic acids is 2. The number of amides is 1. The van der Waals surface area contributed by atoms with Crippen LogP contribution in [-0.2, 0) is 4.79 Å². The zero-order chi connectivity index (χ0) is 12.7. The van der Waals surface area contributed by atoms with Crippen LogP contribution in [0.15, 0.2) is 30.9 Å². The SMILES string of the molecule is C=CCNC(=O)COc1ccc(C=O)cc1Cl. The molecule has 4 nitrogen and oxygen atoms in total. The second kappa shape index (κ2) is 6.70. The third-order valence-electron chi connectivity index (χ3n) is 1.89. The number of hydrogen-bond acceptors (Lipinski definition) is 3.